The van der Waals surface area contributed by atoms with Crippen LogP contribution in [0.1, 0.15) is 33.3 Å². The first-order valence-corrected chi connectivity index (χ1v) is 6.99. The number of hydrogen-bond donors (Lipinski definition) is 1. The van der Waals surface area contributed by atoms with Crippen LogP contribution < -0.4 is 5.32 Å². The Labute approximate surface area is 127 Å². The fourth-order valence-electron chi connectivity index (χ4n) is 2.44. The van der Waals surface area contributed by atoms with Crippen molar-refractivity contribution < 1.29 is 22.9 Å². The average molecular weight is 307 g/mol. The predicted octanol–water partition coefficient (Wildman–Crippen LogP) is 3.09. The molecular weight excluding hydrogens is 291 g/mol. The van der Waals surface area contributed by atoms with Crippen LogP contribution in [0.4, 0.5) is 14.5 Å². The van der Waals surface area contributed by atoms with E-state index in [-0.39, 0.29) is 11.1 Å². The lowest BCUT2D eigenvalue weighted by Gasteiger charge is -2.32. The minimum absolute atomic E-state index is 0.178. The molecule has 1 amide bonds. The molecule has 0 aliphatic carbocycles. The van der Waals surface area contributed by atoms with Crippen molar-refractivity contribution in [1.29, 1.82) is 0 Å². The summed E-state index contributed by atoms with van der Waals surface area (Å²) in [7, 11) is -1.29. The fourth-order valence-corrected chi connectivity index (χ4v) is 2.44. The lowest BCUT2D eigenvalue weighted by Crippen LogP contribution is -2.41. The number of carbonyl (C=O) groups excluding carboxylic acids is 1. The van der Waals surface area contributed by atoms with E-state index in [0.29, 0.717) is 5.69 Å². The first kappa shape index (κ1) is 15.2. The highest BCUT2D eigenvalue weighted by Gasteiger charge is 2.54. The highest BCUT2D eigenvalue weighted by atomic mass is 19.1. The monoisotopic (exact) mass is 307 g/mol. The molecule has 1 fully saturated rings. The van der Waals surface area contributed by atoms with Crippen LogP contribution >= 0.6 is 0 Å². The van der Waals surface area contributed by atoms with Crippen LogP contribution in [-0.4, -0.2) is 24.2 Å². The summed E-state index contributed by atoms with van der Waals surface area (Å²) in [6.45, 7) is 7.14. The van der Waals surface area contributed by atoms with Crippen molar-refractivity contribution in [2.45, 2.75) is 38.9 Å². The van der Waals surface area contributed by atoms with Crippen molar-refractivity contribution in [3.63, 3.8) is 0 Å². The van der Waals surface area contributed by atoms with Gasteiger partial charge in [-0.15, -0.1) is 0 Å². The van der Waals surface area contributed by atoms with Gasteiger partial charge < -0.3 is 14.6 Å². The lowest BCUT2D eigenvalue weighted by atomic mass is 9.83. The van der Waals surface area contributed by atoms with Crippen molar-refractivity contribution in [2.75, 3.05) is 5.32 Å². The van der Waals surface area contributed by atoms with Crippen LogP contribution in [0.2, 0.25) is 0 Å². The molecule has 7 heteroatoms. The number of nitrogens with one attached hydrogen (secondary N) is 1. The third-order valence-corrected chi connectivity index (χ3v) is 4.43. The van der Waals surface area contributed by atoms with E-state index in [1.54, 1.807) is 27.7 Å². The molecule has 0 radical (unpaired) electrons. The molecule has 4 nitrogen and oxygen atoms in total. The summed E-state index contributed by atoms with van der Waals surface area (Å²) in [6, 6.07) is 3.72. The minimum Gasteiger partial charge on any atom is -0.398 e. The van der Waals surface area contributed by atoms with E-state index in [4.69, 9.17) is 9.31 Å². The molecule has 3 rings (SSSR count). The number of fused-ring (bicyclic) bond motifs is 1. The van der Waals surface area contributed by atoms with E-state index in [1.807, 2.05) is 0 Å². The van der Waals surface area contributed by atoms with Crippen molar-refractivity contribution in [3.05, 3.63) is 35.3 Å². The van der Waals surface area contributed by atoms with Crippen molar-refractivity contribution in [2.24, 2.45) is 0 Å². The summed E-state index contributed by atoms with van der Waals surface area (Å²) in [5.74, 6) is -1.18. The van der Waals surface area contributed by atoms with Crippen molar-refractivity contribution in [1.82, 2.24) is 0 Å². The summed E-state index contributed by atoms with van der Waals surface area (Å²) in [5, 5.41) is 2.51. The first-order chi connectivity index (χ1) is 10.1. The van der Waals surface area contributed by atoms with Gasteiger partial charge in [0.05, 0.1) is 16.8 Å². The van der Waals surface area contributed by atoms with E-state index in [0.717, 1.165) is 6.07 Å². The molecule has 22 heavy (non-hydrogen) atoms. The summed E-state index contributed by atoms with van der Waals surface area (Å²) in [5.41, 5.74) is -2.00. The summed E-state index contributed by atoms with van der Waals surface area (Å²) < 4.78 is 39.4. The Morgan fingerprint density at radius 3 is 2.36 bits per heavy atom. The van der Waals surface area contributed by atoms with E-state index >= 15 is 0 Å². The molecule has 0 bridgehead atoms. The molecule has 116 valence electrons. The van der Waals surface area contributed by atoms with Gasteiger partial charge in [0.15, 0.2) is 0 Å². The maximum absolute atomic E-state index is 14.8. The SMILES string of the molecule is CC1(C)OB(C(F)=C2C(=O)Nc3ccc(F)cc32)OC1(C)C. The van der Waals surface area contributed by atoms with Crippen LogP contribution in [-0.2, 0) is 14.1 Å². The molecule has 1 aromatic carbocycles. The first-order valence-electron chi connectivity index (χ1n) is 6.99. The summed E-state index contributed by atoms with van der Waals surface area (Å²) >= 11 is 0. The fraction of sp³-hybridized carbons (Fsp3) is 0.400. The van der Waals surface area contributed by atoms with Gasteiger partial charge in [0.25, 0.3) is 5.91 Å². The molecule has 0 spiro atoms. The number of halogens is 2. The zero-order chi connectivity index (χ0) is 16.3. The Kier molecular flexibility index (Phi) is 3.20. The zero-order valence-corrected chi connectivity index (χ0v) is 12.8. The molecule has 1 saturated heterocycles. The molecular formula is C15H16BF2NO3. The Hall–Kier alpha value is -1.73. The maximum Gasteiger partial charge on any atom is 0.526 e. The van der Waals surface area contributed by atoms with Gasteiger partial charge in [0.2, 0.25) is 0 Å². The van der Waals surface area contributed by atoms with Crippen molar-refractivity contribution >= 4 is 24.3 Å². The standard InChI is InChI=1S/C15H16BF2NO3/c1-14(2)15(3,4)22-16(21-14)12(18)11-9-7-8(17)5-6-10(9)19-13(11)20/h5-7H,1-4H3,(H,19,20). The minimum atomic E-state index is -1.29. The molecule has 0 aromatic heterocycles. The topological polar surface area (TPSA) is 47.6 Å². The van der Waals surface area contributed by atoms with E-state index < -0.39 is 35.8 Å². The largest absolute Gasteiger partial charge is 0.526 e. The van der Waals surface area contributed by atoms with Gasteiger partial charge in [0, 0.05) is 11.3 Å². The van der Waals surface area contributed by atoms with Crippen molar-refractivity contribution in [3.8, 4) is 0 Å². The average Bonchev–Trinajstić information content (AvgIpc) is 2.82. The van der Waals surface area contributed by atoms with E-state index in [2.05, 4.69) is 5.32 Å². The van der Waals surface area contributed by atoms with E-state index in [9.17, 15) is 13.6 Å². The number of carbonyl (C=O) groups is 1. The number of anilines is 1. The van der Waals surface area contributed by atoms with Crippen LogP contribution in [0.5, 0.6) is 0 Å². The number of hydrogen-bond acceptors (Lipinski definition) is 3. The number of benzene rings is 1. The van der Waals surface area contributed by atoms with Crippen LogP contribution in [0.15, 0.2) is 23.9 Å². The van der Waals surface area contributed by atoms with Gasteiger partial charge in [0.1, 0.15) is 11.5 Å². The summed E-state index contributed by atoms with van der Waals surface area (Å²) in [4.78, 5) is 12.0. The Morgan fingerprint density at radius 2 is 1.77 bits per heavy atom. The van der Waals surface area contributed by atoms with Gasteiger partial charge in [-0.05, 0) is 45.9 Å². The normalized spacial score (nSPS) is 24.3. The van der Waals surface area contributed by atoms with Crippen LogP contribution in [0.25, 0.3) is 5.57 Å². The molecule has 2 heterocycles. The quantitative estimate of drug-likeness (QED) is 0.640. The van der Waals surface area contributed by atoms with Gasteiger partial charge in [-0.2, -0.15) is 0 Å². The van der Waals surface area contributed by atoms with Gasteiger partial charge in [-0.1, -0.05) is 0 Å². The third kappa shape index (κ3) is 2.16. The third-order valence-electron chi connectivity index (χ3n) is 4.43. The van der Waals surface area contributed by atoms with Gasteiger partial charge in [-0.3, -0.25) is 4.79 Å². The molecule has 1 aromatic rings. The molecule has 0 atom stereocenters. The Morgan fingerprint density at radius 1 is 1.18 bits per heavy atom. The second-order valence-corrected chi connectivity index (χ2v) is 6.46. The van der Waals surface area contributed by atoms with Gasteiger partial charge >= 0.3 is 7.12 Å². The molecule has 2 aliphatic heterocycles. The van der Waals surface area contributed by atoms with Crippen LogP contribution in [0.3, 0.4) is 0 Å². The lowest BCUT2D eigenvalue weighted by molar-refractivity contribution is -0.110. The van der Waals surface area contributed by atoms with Gasteiger partial charge in [-0.25, -0.2) is 8.78 Å². The van der Waals surface area contributed by atoms with Crippen LogP contribution in [0, 0.1) is 5.82 Å². The second-order valence-electron chi connectivity index (χ2n) is 6.46. The number of amides is 1. The molecule has 0 unspecified atom stereocenters. The number of rotatable bonds is 1. The Bertz CT molecular complexity index is 684. The molecule has 2 aliphatic rings. The molecule has 0 saturated carbocycles. The predicted molar refractivity (Wildman–Crippen MR) is 79.1 cm³/mol. The highest BCUT2D eigenvalue weighted by molar-refractivity contribution is 6.58. The van der Waals surface area contributed by atoms with E-state index in [1.165, 1.54) is 12.1 Å². The maximum atomic E-state index is 14.8. The smallest absolute Gasteiger partial charge is 0.398 e. The Balaban J connectivity index is 2.05. The zero-order valence-electron chi connectivity index (χ0n) is 12.8. The molecule has 1 N–H and O–H groups in total. The second kappa shape index (κ2) is 4.63. The summed E-state index contributed by atoms with van der Waals surface area (Å²) in [6.07, 6.45) is 0. The highest BCUT2D eigenvalue weighted by Crippen LogP contribution is 2.42.